The summed E-state index contributed by atoms with van der Waals surface area (Å²) in [6.07, 6.45) is 1.19. The number of ether oxygens (including phenoxy) is 1. The molecule has 0 saturated carbocycles. The molecule has 2 aliphatic heterocycles. The Morgan fingerprint density at radius 2 is 1.92 bits per heavy atom. The SMILES string of the molecule is CC(C)c1ccc2c(c1)C=C1C(=O)NC(c3ccc(O)cc3)=NC1O2. The van der Waals surface area contributed by atoms with Crippen molar-refractivity contribution in [3.63, 3.8) is 0 Å². The minimum Gasteiger partial charge on any atom is -0.508 e. The van der Waals surface area contributed by atoms with Crippen molar-refractivity contribution in [2.24, 2.45) is 4.99 Å². The Hall–Kier alpha value is -3.08. The number of aliphatic imine (C=N–C) groups is 1. The maximum atomic E-state index is 12.5. The minimum atomic E-state index is -0.657. The van der Waals surface area contributed by atoms with Crippen LogP contribution in [-0.4, -0.2) is 23.1 Å². The maximum Gasteiger partial charge on any atom is 0.258 e. The molecular formula is C20H18N2O3. The highest BCUT2D eigenvalue weighted by Gasteiger charge is 2.32. The van der Waals surface area contributed by atoms with Crippen LogP contribution in [0.15, 0.2) is 53.0 Å². The molecule has 1 unspecified atom stereocenters. The fourth-order valence-electron chi connectivity index (χ4n) is 2.94. The number of carbonyl (C=O) groups is 1. The van der Waals surface area contributed by atoms with Crippen LogP contribution in [0.5, 0.6) is 11.5 Å². The van der Waals surface area contributed by atoms with Gasteiger partial charge in [0, 0.05) is 11.1 Å². The summed E-state index contributed by atoms with van der Waals surface area (Å²) in [5.74, 6) is 1.51. The highest BCUT2D eigenvalue weighted by atomic mass is 16.5. The highest BCUT2D eigenvalue weighted by Crippen LogP contribution is 2.34. The Kier molecular flexibility index (Phi) is 3.57. The van der Waals surface area contributed by atoms with Crippen LogP contribution in [-0.2, 0) is 4.79 Å². The standard InChI is InChI=1S/C20H18N2O3/c1-11(2)13-5-8-17-14(9-13)10-16-19(24)21-18(22-20(16)25-17)12-3-6-15(23)7-4-12/h3-11,20,23H,1-2H3,(H,21,22,24). The van der Waals surface area contributed by atoms with E-state index in [1.807, 2.05) is 18.2 Å². The normalized spacial score (nSPS) is 18.5. The molecule has 1 atom stereocenters. The van der Waals surface area contributed by atoms with Crippen molar-refractivity contribution in [3.05, 3.63) is 64.7 Å². The van der Waals surface area contributed by atoms with Crippen LogP contribution in [0.25, 0.3) is 6.08 Å². The predicted molar refractivity (Wildman–Crippen MR) is 95.7 cm³/mol. The molecule has 2 heterocycles. The van der Waals surface area contributed by atoms with Crippen molar-refractivity contribution in [1.82, 2.24) is 5.32 Å². The van der Waals surface area contributed by atoms with Gasteiger partial charge >= 0.3 is 0 Å². The molecule has 2 aromatic carbocycles. The molecule has 2 aromatic rings. The zero-order valence-corrected chi connectivity index (χ0v) is 14.0. The Bertz CT molecular complexity index is 911. The summed E-state index contributed by atoms with van der Waals surface area (Å²) in [4.78, 5) is 17.0. The van der Waals surface area contributed by atoms with E-state index in [4.69, 9.17) is 4.74 Å². The van der Waals surface area contributed by atoms with Crippen LogP contribution in [0.3, 0.4) is 0 Å². The number of aromatic hydroxyl groups is 1. The van der Waals surface area contributed by atoms with Crippen molar-refractivity contribution < 1.29 is 14.6 Å². The first-order valence-electron chi connectivity index (χ1n) is 8.22. The maximum absolute atomic E-state index is 12.5. The van der Waals surface area contributed by atoms with E-state index in [-0.39, 0.29) is 11.7 Å². The average Bonchev–Trinajstić information content (AvgIpc) is 2.60. The van der Waals surface area contributed by atoms with E-state index in [2.05, 4.69) is 30.2 Å². The van der Waals surface area contributed by atoms with Gasteiger partial charge in [0.1, 0.15) is 17.3 Å². The molecule has 0 spiro atoms. The number of carbonyl (C=O) groups excluding carboxylic acids is 1. The summed E-state index contributed by atoms with van der Waals surface area (Å²) in [6, 6.07) is 12.5. The molecular weight excluding hydrogens is 316 g/mol. The van der Waals surface area contributed by atoms with E-state index in [0.717, 1.165) is 16.9 Å². The summed E-state index contributed by atoms with van der Waals surface area (Å²) >= 11 is 0. The van der Waals surface area contributed by atoms with Crippen LogP contribution in [0.4, 0.5) is 0 Å². The topological polar surface area (TPSA) is 70.9 Å². The molecule has 2 aliphatic rings. The third-order valence-corrected chi connectivity index (χ3v) is 4.40. The average molecular weight is 334 g/mol. The van der Waals surface area contributed by atoms with E-state index in [9.17, 15) is 9.90 Å². The molecule has 5 heteroatoms. The first kappa shape index (κ1) is 15.4. The number of benzene rings is 2. The second-order valence-electron chi connectivity index (χ2n) is 6.50. The third kappa shape index (κ3) is 2.78. The number of amides is 1. The van der Waals surface area contributed by atoms with E-state index in [1.165, 1.54) is 5.56 Å². The quantitative estimate of drug-likeness (QED) is 0.886. The number of phenolic OH excluding ortho intramolecular Hbond substituents is 1. The van der Waals surface area contributed by atoms with Gasteiger partial charge < -0.3 is 15.2 Å². The molecule has 0 fully saturated rings. The fraction of sp³-hybridized carbons (Fsp3) is 0.200. The van der Waals surface area contributed by atoms with Gasteiger partial charge in [0.15, 0.2) is 0 Å². The lowest BCUT2D eigenvalue weighted by Gasteiger charge is -2.28. The molecule has 0 aliphatic carbocycles. The number of hydrogen-bond acceptors (Lipinski definition) is 4. The first-order valence-corrected chi connectivity index (χ1v) is 8.22. The van der Waals surface area contributed by atoms with Crippen molar-refractivity contribution in [2.75, 3.05) is 0 Å². The largest absolute Gasteiger partial charge is 0.508 e. The van der Waals surface area contributed by atoms with E-state index < -0.39 is 6.23 Å². The molecule has 0 saturated heterocycles. The molecule has 1 amide bonds. The van der Waals surface area contributed by atoms with Gasteiger partial charge in [-0.2, -0.15) is 0 Å². The molecule has 2 N–H and O–H groups in total. The minimum absolute atomic E-state index is 0.163. The lowest BCUT2D eigenvalue weighted by molar-refractivity contribution is -0.117. The van der Waals surface area contributed by atoms with Gasteiger partial charge in [-0.3, -0.25) is 4.79 Å². The highest BCUT2D eigenvalue weighted by molar-refractivity contribution is 6.16. The van der Waals surface area contributed by atoms with Crippen LogP contribution in [0.1, 0.15) is 36.5 Å². The molecule has 0 radical (unpaired) electrons. The number of nitrogens with zero attached hydrogens (tertiary/aromatic N) is 1. The number of phenols is 1. The summed E-state index contributed by atoms with van der Waals surface area (Å²) in [6.45, 7) is 4.26. The van der Waals surface area contributed by atoms with E-state index >= 15 is 0 Å². The van der Waals surface area contributed by atoms with Crippen molar-refractivity contribution >= 4 is 17.8 Å². The van der Waals surface area contributed by atoms with Crippen LogP contribution < -0.4 is 10.1 Å². The first-order chi connectivity index (χ1) is 12.0. The van der Waals surface area contributed by atoms with Gasteiger partial charge in [-0.1, -0.05) is 19.9 Å². The zero-order chi connectivity index (χ0) is 17.6. The summed E-state index contributed by atoms with van der Waals surface area (Å²) < 4.78 is 5.95. The molecule has 0 bridgehead atoms. The van der Waals surface area contributed by atoms with Gasteiger partial charge in [-0.15, -0.1) is 0 Å². The molecule has 4 rings (SSSR count). The predicted octanol–water partition coefficient (Wildman–Crippen LogP) is 3.19. The van der Waals surface area contributed by atoms with Crippen molar-refractivity contribution in [2.45, 2.75) is 26.0 Å². The number of hydrogen-bond donors (Lipinski definition) is 2. The fourth-order valence-corrected chi connectivity index (χ4v) is 2.94. The van der Waals surface area contributed by atoms with Gasteiger partial charge in [0.2, 0.25) is 6.23 Å². The molecule has 126 valence electrons. The van der Waals surface area contributed by atoms with Gasteiger partial charge in [-0.05, 0) is 54.0 Å². The number of nitrogens with one attached hydrogen (secondary N) is 1. The molecule has 25 heavy (non-hydrogen) atoms. The van der Waals surface area contributed by atoms with Crippen molar-refractivity contribution in [3.8, 4) is 11.5 Å². The molecule has 0 aromatic heterocycles. The van der Waals surface area contributed by atoms with E-state index in [1.54, 1.807) is 24.3 Å². The monoisotopic (exact) mass is 334 g/mol. The number of amidine groups is 1. The molecule has 5 nitrogen and oxygen atoms in total. The Balaban J connectivity index is 1.72. The lowest BCUT2D eigenvalue weighted by atomic mass is 9.97. The second kappa shape index (κ2) is 5.77. The third-order valence-electron chi connectivity index (χ3n) is 4.40. The second-order valence-corrected chi connectivity index (χ2v) is 6.50. The Morgan fingerprint density at radius 1 is 1.16 bits per heavy atom. The van der Waals surface area contributed by atoms with Gasteiger partial charge in [-0.25, -0.2) is 4.99 Å². The van der Waals surface area contributed by atoms with E-state index in [0.29, 0.717) is 17.3 Å². The van der Waals surface area contributed by atoms with Gasteiger partial charge in [0.25, 0.3) is 5.91 Å². The van der Waals surface area contributed by atoms with Crippen LogP contribution >= 0.6 is 0 Å². The summed E-state index contributed by atoms with van der Waals surface area (Å²) in [5, 5.41) is 12.2. The van der Waals surface area contributed by atoms with Crippen molar-refractivity contribution in [1.29, 1.82) is 0 Å². The van der Waals surface area contributed by atoms with Gasteiger partial charge in [0.05, 0.1) is 5.57 Å². The van der Waals surface area contributed by atoms with Crippen LogP contribution in [0, 0.1) is 0 Å². The smallest absolute Gasteiger partial charge is 0.258 e. The Morgan fingerprint density at radius 3 is 2.64 bits per heavy atom. The van der Waals surface area contributed by atoms with Crippen LogP contribution in [0.2, 0.25) is 0 Å². The summed E-state index contributed by atoms with van der Waals surface area (Å²) in [7, 11) is 0. The lowest BCUT2D eigenvalue weighted by Crippen LogP contribution is -2.43. The zero-order valence-electron chi connectivity index (χ0n) is 14.0. The Labute approximate surface area is 145 Å². The number of rotatable bonds is 2. The number of fused-ring (bicyclic) bond motifs is 2. The summed E-state index contributed by atoms with van der Waals surface area (Å²) in [5.41, 5.74) is 3.31.